The number of aryl methyl sites for hydroxylation is 1. The van der Waals surface area contributed by atoms with Crippen molar-refractivity contribution in [3.63, 3.8) is 0 Å². The van der Waals surface area contributed by atoms with Gasteiger partial charge in [0.15, 0.2) is 0 Å². The van der Waals surface area contributed by atoms with Crippen LogP contribution >= 0.6 is 0 Å². The molecule has 116 valence electrons. The number of likely N-dealkylation sites (tertiary alicyclic amines) is 1. The lowest BCUT2D eigenvalue weighted by atomic mass is 10.1. The zero-order chi connectivity index (χ0) is 15.7. The number of carbonyl (C=O) groups is 1. The largest absolute Gasteiger partial charge is 0.486 e. The van der Waals surface area contributed by atoms with E-state index in [1.165, 1.54) is 23.4 Å². The Morgan fingerprint density at radius 1 is 1.41 bits per heavy atom. The molecule has 0 aliphatic carbocycles. The van der Waals surface area contributed by atoms with Crippen molar-refractivity contribution in [3.8, 4) is 5.75 Å². The summed E-state index contributed by atoms with van der Waals surface area (Å²) in [6.07, 6.45) is 2.83. The smallest absolute Gasteiger partial charge is 0.254 e. The monoisotopic (exact) mass is 303 g/mol. The first kappa shape index (κ1) is 14.3. The minimum atomic E-state index is -0.103. The summed E-state index contributed by atoms with van der Waals surface area (Å²) >= 11 is 0. The Morgan fingerprint density at radius 2 is 2.18 bits per heavy atom. The van der Waals surface area contributed by atoms with Gasteiger partial charge >= 0.3 is 0 Å². The van der Waals surface area contributed by atoms with Crippen molar-refractivity contribution in [1.82, 2.24) is 24.2 Å². The number of pyridine rings is 1. The lowest BCUT2D eigenvalue weighted by Gasteiger charge is -2.38. The molecular formula is C14H17N5O3. The van der Waals surface area contributed by atoms with Crippen LogP contribution in [0.1, 0.15) is 5.69 Å². The van der Waals surface area contributed by atoms with Crippen molar-refractivity contribution >= 4 is 5.91 Å². The van der Waals surface area contributed by atoms with Gasteiger partial charge in [-0.15, -0.1) is 0 Å². The molecule has 1 aliphatic heterocycles. The van der Waals surface area contributed by atoms with Gasteiger partial charge < -0.3 is 14.2 Å². The predicted octanol–water partition coefficient (Wildman–Crippen LogP) is -0.425. The van der Waals surface area contributed by atoms with E-state index in [2.05, 4.69) is 10.1 Å². The molecule has 8 heteroatoms. The first-order valence-corrected chi connectivity index (χ1v) is 6.97. The number of hydrogen-bond donors (Lipinski definition) is 0. The van der Waals surface area contributed by atoms with Crippen molar-refractivity contribution < 1.29 is 9.53 Å². The van der Waals surface area contributed by atoms with Gasteiger partial charge in [0.25, 0.3) is 5.56 Å². The second-order valence-electron chi connectivity index (χ2n) is 5.36. The third kappa shape index (κ3) is 2.85. The van der Waals surface area contributed by atoms with E-state index in [9.17, 15) is 9.59 Å². The maximum atomic E-state index is 12.0. The molecule has 0 bridgehead atoms. The fourth-order valence-corrected chi connectivity index (χ4v) is 2.27. The van der Waals surface area contributed by atoms with Gasteiger partial charge in [0, 0.05) is 18.8 Å². The van der Waals surface area contributed by atoms with Crippen molar-refractivity contribution in [2.75, 3.05) is 13.1 Å². The van der Waals surface area contributed by atoms with Gasteiger partial charge in [-0.05, 0) is 13.0 Å². The van der Waals surface area contributed by atoms with E-state index in [4.69, 9.17) is 4.74 Å². The minimum Gasteiger partial charge on any atom is -0.486 e. The lowest BCUT2D eigenvalue weighted by Crippen LogP contribution is -2.57. The molecule has 3 rings (SSSR count). The summed E-state index contributed by atoms with van der Waals surface area (Å²) in [4.78, 5) is 29.2. The van der Waals surface area contributed by atoms with Crippen LogP contribution in [0.3, 0.4) is 0 Å². The molecule has 0 spiro atoms. The third-order valence-corrected chi connectivity index (χ3v) is 3.74. The van der Waals surface area contributed by atoms with E-state index < -0.39 is 0 Å². The molecule has 1 aliphatic rings. The number of ether oxygens (including phenoxy) is 1. The fraction of sp³-hybridized carbons (Fsp3) is 0.429. The van der Waals surface area contributed by atoms with Gasteiger partial charge in [0.05, 0.1) is 13.1 Å². The maximum Gasteiger partial charge on any atom is 0.254 e. The molecule has 0 saturated carbocycles. The van der Waals surface area contributed by atoms with Crippen molar-refractivity contribution in [2.45, 2.75) is 19.6 Å². The van der Waals surface area contributed by atoms with Crippen LogP contribution in [0.2, 0.25) is 0 Å². The van der Waals surface area contributed by atoms with E-state index in [0.29, 0.717) is 18.8 Å². The van der Waals surface area contributed by atoms with Gasteiger partial charge in [0.1, 0.15) is 31.1 Å². The standard InChI is InChI=1S/C14H17N5O3/c1-10-3-11(4-13(20)17(10)2)22-12-5-18(6-12)14(21)7-19-9-15-8-16-19/h3-4,8-9,12H,5-7H2,1-2H3. The van der Waals surface area contributed by atoms with Crippen LogP contribution in [-0.2, 0) is 18.4 Å². The average Bonchev–Trinajstić information content (AvgIpc) is 2.92. The molecule has 0 aromatic carbocycles. The van der Waals surface area contributed by atoms with Gasteiger partial charge in [-0.3, -0.25) is 9.59 Å². The van der Waals surface area contributed by atoms with Crippen molar-refractivity contribution in [1.29, 1.82) is 0 Å². The second-order valence-corrected chi connectivity index (χ2v) is 5.36. The van der Waals surface area contributed by atoms with Gasteiger partial charge in [-0.25, -0.2) is 9.67 Å². The van der Waals surface area contributed by atoms with Crippen LogP contribution in [0.5, 0.6) is 5.75 Å². The molecule has 8 nitrogen and oxygen atoms in total. The Morgan fingerprint density at radius 3 is 2.82 bits per heavy atom. The van der Waals surface area contributed by atoms with Crippen molar-refractivity contribution in [2.24, 2.45) is 7.05 Å². The van der Waals surface area contributed by atoms with E-state index in [1.807, 2.05) is 13.0 Å². The van der Waals surface area contributed by atoms with Gasteiger partial charge in [0.2, 0.25) is 5.91 Å². The van der Waals surface area contributed by atoms with E-state index >= 15 is 0 Å². The Balaban J connectivity index is 1.53. The molecule has 0 radical (unpaired) electrons. The Bertz CT molecular complexity index is 731. The topological polar surface area (TPSA) is 82.2 Å². The number of amides is 1. The summed E-state index contributed by atoms with van der Waals surface area (Å²) < 4.78 is 8.78. The highest BCUT2D eigenvalue weighted by molar-refractivity contribution is 5.76. The summed E-state index contributed by atoms with van der Waals surface area (Å²) in [7, 11) is 1.72. The first-order valence-electron chi connectivity index (χ1n) is 6.97. The van der Waals surface area contributed by atoms with Crippen LogP contribution < -0.4 is 10.3 Å². The minimum absolute atomic E-state index is 0.0227. The van der Waals surface area contributed by atoms with Crippen LogP contribution in [0.15, 0.2) is 29.6 Å². The molecule has 22 heavy (non-hydrogen) atoms. The molecule has 2 aromatic heterocycles. The molecule has 0 atom stereocenters. The normalized spacial score (nSPS) is 14.7. The summed E-state index contributed by atoms with van der Waals surface area (Å²) in [5.74, 6) is 0.527. The van der Waals surface area contributed by atoms with E-state index in [-0.39, 0.29) is 24.1 Å². The predicted molar refractivity (Wildman–Crippen MR) is 77.4 cm³/mol. The third-order valence-electron chi connectivity index (χ3n) is 3.74. The summed E-state index contributed by atoms with van der Waals surface area (Å²) in [5, 5.41) is 3.90. The molecule has 0 N–H and O–H groups in total. The summed E-state index contributed by atoms with van der Waals surface area (Å²) in [6.45, 7) is 3.06. The summed E-state index contributed by atoms with van der Waals surface area (Å²) in [5.41, 5.74) is 0.731. The molecule has 3 heterocycles. The quantitative estimate of drug-likeness (QED) is 0.766. The van der Waals surface area contributed by atoms with E-state index in [1.54, 1.807) is 16.5 Å². The Hall–Kier alpha value is -2.64. The highest BCUT2D eigenvalue weighted by atomic mass is 16.5. The lowest BCUT2D eigenvalue weighted by molar-refractivity contribution is -0.140. The fourth-order valence-electron chi connectivity index (χ4n) is 2.27. The van der Waals surface area contributed by atoms with Crippen LogP contribution in [0.4, 0.5) is 0 Å². The molecule has 2 aromatic rings. The number of aromatic nitrogens is 4. The highest BCUT2D eigenvalue weighted by Crippen LogP contribution is 2.18. The average molecular weight is 303 g/mol. The molecule has 1 fully saturated rings. The van der Waals surface area contributed by atoms with E-state index in [0.717, 1.165) is 5.69 Å². The molecule has 0 unspecified atom stereocenters. The maximum absolute atomic E-state index is 12.0. The number of rotatable bonds is 4. The van der Waals surface area contributed by atoms with Crippen LogP contribution in [0.25, 0.3) is 0 Å². The molecule has 1 amide bonds. The Labute approximate surface area is 126 Å². The Kier molecular flexibility index (Phi) is 3.66. The van der Waals surface area contributed by atoms with Gasteiger partial charge in [-0.2, -0.15) is 5.10 Å². The highest BCUT2D eigenvalue weighted by Gasteiger charge is 2.32. The molecular weight excluding hydrogens is 286 g/mol. The summed E-state index contributed by atoms with van der Waals surface area (Å²) in [6, 6.07) is 3.29. The van der Waals surface area contributed by atoms with Crippen LogP contribution in [-0.4, -0.2) is 49.3 Å². The second kappa shape index (κ2) is 5.63. The first-order chi connectivity index (χ1) is 10.5. The van der Waals surface area contributed by atoms with Crippen molar-refractivity contribution in [3.05, 3.63) is 40.8 Å². The SMILES string of the molecule is Cc1cc(OC2CN(C(=O)Cn3cncn3)C2)cc(=O)n1C. The van der Waals surface area contributed by atoms with Gasteiger partial charge in [-0.1, -0.05) is 0 Å². The number of nitrogens with zero attached hydrogens (tertiary/aromatic N) is 5. The molecule has 1 saturated heterocycles. The zero-order valence-corrected chi connectivity index (χ0v) is 12.5. The zero-order valence-electron chi connectivity index (χ0n) is 12.5. The number of hydrogen-bond acceptors (Lipinski definition) is 5. The van der Waals surface area contributed by atoms with Crippen LogP contribution in [0, 0.1) is 6.92 Å². The number of carbonyl (C=O) groups excluding carboxylic acids is 1.